The summed E-state index contributed by atoms with van der Waals surface area (Å²) in [6.45, 7) is 0. The summed E-state index contributed by atoms with van der Waals surface area (Å²) in [6, 6.07) is 11.8. The topological polar surface area (TPSA) is 108 Å². The second-order valence-corrected chi connectivity index (χ2v) is 4.18. The summed E-state index contributed by atoms with van der Waals surface area (Å²) in [6.07, 6.45) is 0. The van der Waals surface area contributed by atoms with Gasteiger partial charge in [0.05, 0.1) is 24.0 Å². The molecule has 1 amide bonds. The Balaban J connectivity index is 2.37. The summed E-state index contributed by atoms with van der Waals surface area (Å²) in [5.41, 5.74) is 3.91. The second-order valence-electron chi connectivity index (χ2n) is 4.18. The van der Waals surface area contributed by atoms with Gasteiger partial charge in [-0.05, 0) is 0 Å². The molecule has 1 aliphatic carbocycles. The molecule has 0 radical (unpaired) electrons. The number of amides is 1. The van der Waals surface area contributed by atoms with E-state index < -0.39 is 23.2 Å². The summed E-state index contributed by atoms with van der Waals surface area (Å²) in [5.74, 6) is -3.14. The fourth-order valence-corrected chi connectivity index (χ4v) is 2.22. The van der Waals surface area contributed by atoms with E-state index in [1.165, 1.54) is 0 Å². The van der Waals surface area contributed by atoms with Crippen LogP contribution >= 0.6 is 0 Å². The molecule has 1 fully saturated rings. The van der Waals surface area contributed by atoms with Crippen LogP contribution in [0, 0.1) is 39.9 Å². The van der Waals surface area contributed by atoms with Crippen LogP contribution in [0.5, 0.6) is 0 Å². The first-order valence-electron chi connectivity index (χ1n) is 5.29. The van der Waals surface area contributed by atoms with Crippen molar-refractivity contribution in [1.82, 2.24) is 0 Å². The van der Waals surface area contributed by atoms with Gasteiger partial charge in [-0.1, -0.05) is 30.3 Å². The molecule has 18 heavy (non-hydrogen) atoms. The third-order valence-corrected chi connectivity index (χ3v) is 3.22. The molecule has 5 nitrogen and oxygen atoms in total. The van der Waals surface area contributed by atoms with Gasteiger partial charge in [-0.3, -0.25) is 9.59 Å². The van der Waals surface area contributed by atoms with Crippen LogP contribution in [0.15, 0.2) is 30.3 Å². The van der Waals surface area contributed by atoms with Crippen LogP contribution in [0.25, 0.3) is 0 Å². The van der Waals surface area contributed by atoms with Gasteiger partial charge < -0.3 is 5.73 Å². The quantitative estimate of drug-likeness (QED) is 0.780. The highest BCUT2D eigenvalue weighted by Crippen LogP contribution is 2.59. The minimum absolute atomic E-state index is 0.376. The molecule has 5 heteroatoms. The van der Waals surface area contributed by atoms with E-state index in [0.29, 0.717) is 5.56 Å². The smallest absolute Gasteiger partial charge is 0.224 e. The van der Waals surface area contributed by atoms with Crippen LogP contribution < -0.4 is 5.73 Å². The number of nitriles is 2. The fourth-order valence-electron chi connectivity index (χ4n) is 2.22. The van der Waals surface area contributed by atoms with Gasteiger partial charge in [-0.15, -0.1) is 0 Å². The molecule has 1 aromatic rings. The molecule has 1 saturated carbocycles. The van der Waals surface area contributed by atoms with Gasteiger partial charge in [0.2, 0.25) is 5.91 Å². The zero-order valence-electron chi connectivity index (χ0n) is 9.33. The average molecular weight is 239 g/mol. The molecule has 2 atom stereocenters. The largest absolute Gasteiger partial charge is 0.369 e. The molecule has 0 bridgehead atoms. The van der Waals surface area contributed by atoms with Crippen molar-refractivity contribution in [3.05, 3.63) is 35.9 Å². The van der Waals surface area contributed by atoms with Gasteiger partial charge in [0.1, 0.15) is 0 Å². The Morgan fingerprint density at radius 3 is 2.06 bits per heavy atom. The monoisotopic (exact) mass is 239 g/mol. The van der Waals surface area contributed by atoms with Gasteiger partial charge in [-0.25, -0.2) is 0 Å². The third kappa shape index (κ3) is 1.46. The maximum Gasteiger partial charge on any atom is 0.224 e. The standard InChI is InChI=1S/C13H9N3O2/c14-6-13(7-15)9(10(13)12(16)18)11(17)8-4-2-1-3-5-8/h1-5,9-10H,(H2,16,18)/t9-,10-/m0/s1. The number of nitrogens with zero attached hydrogens (tertiary/aromatic N) is 2. The van der Waals surface area contributed by atoms with E-state index in [1.54, 1.807) is 42.5 Å². The minimum Gasteiger partial charge on any atom is -0.369 e. The highest BCUT2D eigenvalue weighted by atomic mass is 16.2. The normalized spacial score (nSPS) is 23.4. The molecule has 88 valence electrons. The number of carbonyl (C=O) groups is 2. The van der Waals surface area contributed by atoms with Gasteiger partial charge in [-0.2, -0.15) is 10.5 Å². The molecule has 0 heterocycles. The number of hydrogen-bond donors (Lipinski definition) is 1. The first-order valence-corrected chi connectivity index (χ1v) is 5.29. The van der Waals surface area contributed by atoms with E-state index >= 15 is 0 Å². The molecule has 0 unspecified atom stereocenters. The lowest BCUT2D eigenvalue weighted by Crippen LogP contribution is -2.18. The number of rotatable bonds is 3. The Hall–Kier alpha value is -2.66. The Labute approximate surface area is 103 Å². The Bertz CT molecular complexity index is 581. The number of carbonyl (C=O) groups excluding carboxylic acids is 2. The summed E-state index contributed by atoms with van der Waals surface area (Å²) in [4.78, 5) is 23.4. The van der Waals surface area contributed by atoms with E-state index in [9.17, 15) is 9.59 Å². The van der Waals surface area contributed by atoms with Gasteiger partial charge in [0.25, 0.3) is 0 Å². The van der Waals surface area contributed by atoms with Crippen molar-refractivity contribution in [2.24, 2.45) is 23.0 Å². The Kier molecular flexibility index (Phi) is 2.61. The number of hydrogen-bond acceptors (Lipinski definition) is 4. The van der Waals surface area contributed by atoms with Crippen molar-refractivity contribution in [3.63, 3.8) is 0 Å². The summed E-state index contributed by atoms with van der Waals surface area (Å²) in [7, 11) is 0. The number of primary amides is 1. The summed E-state index contributed by atoms with van der Waals surface area (Å²) >= 11 is 0. The lowest BCUT2D eigenvalue weighted by molar-refractivity contribution is -0.119. The van der Waals surface area contributed by atoms with E-state index in [2.05, 4.69) is 0 Å². The predicted molar refractivity (Wildman–Crippen MR) is 60.6 cm³/mol. The first-order chi connectivity index (χ1) is 8.58. The summed E-state index contributed by atoms with van der Waals surface area (Å²) in [5, 5.41) is 18.0. The molecular formula is C13H9N3O2. The van der Waals surface area contributed by atoms with Crippen molar-refractivity contribution in [2.45, 2.75) is 0 Å². The van der Waals surface area contributed by atoms with Crippen molar-refractivity contribution in [3.8, 4) is 12.1 Å². The third-order valence-electron chi connectivity index (χ3n) is 3.22. The van der Waals surface area contributed by atoms with E-state index in [4.69, 9.17) is 16.3 Å². The second kappa shape index (κ2) is 3.97. The predicted octanol–water partition coefficient (Wildman–Crippen LogP) is 0.634. The lowest BCUT2D eigenvalue weighted by atomic mass is 10.0. The molecular weight excluding hydrogens is 230 g/mol. The van der Waals surface area contributed by atoms with Crippen LogP contribution in [-0.2, 0) is 4.79 Å². The molecule has 2 rings (SSSR count). The van der Waals surface area contributed by atoms with E-state index in [1.807, 2.05) is 0 Å². The van der Waals surface area contributed by atoms with E-state index in [0.717, 1.165) is 0 Å². The zero-order valence-corrected chi connectivity index (χ0v) is 9.33. The van der Waals surface area contributed by atoms with Crippen molar-refractivity contribution >= 4 is 11.7 Å². The molecule has 1 aromatic carbocycles. The number of Topliss-reactive ketones (excluding diaryl/α,β-unsaturated/α-hetero) is 1. The van der Waals surface area contributed by atoms with Gasteiger partial charge in [0, 0.05) is 5.56 Å². The van der Waals surface area contributed by atoms with Gasteiger partial charge >= 0.3 is 0 Å². The highest BCUT2D eigenvalue weighted by molar-refractivity contribution is 6.06. The average Bonchev–Trinajstić information content (AvgIpc) is 3.08. The zero-order chi connectivity index (χ0) is 13.3. The van der Waals surface area contributed by atoms with E-state index in [-0.39, 0.29) is 5.78 Å². The SMILES string of the molecule is N#CC1(C#N)[C@H](C(N)=O)[C@H]1C(=O)c1ccccc1. The molecule has 0 aliphatic heterocycles. The molecule has 0 spiro atoms. The van der Waals surface area contributed by atoms with Crippen molar-refractivity contribution < 1.29 is 9.59 Å². The van der Waals surface area contributed by atoms with Crippen LogP contribution in [0.2, 0.25) is 0 Å². The fraction of sp³-hybridized carbons (Fsp3) is 0.231. The molecule has 0 saturated heterocycles. The minimum atomic E-state index is -1.60. The van der Waals surface area contributed by atoms with Crippen molar-refractivity contribution in [1.29, 1.82) is 10.5 Å². The maximum absolute atomic E-state index is 12.1. The highest BCUT2D eigenvalue weighted by Gasteiger charge is 2.73. The Morgan fingerprint density at radius 2 is 1.67 bits per heavy atom. The summed E-state index contributed by atoms with van der Waals surface area (Å²) < 4.78 is 0. The molecule has 0 aromatic heterocycles. The maximum atomic E-state index is 12.1. The van der Waals surface area contributed by atoms with Crippen LogP contribution in [-0.4, -0.2) is 11.7 Å². The number of benzene rings is 1. The lowest BCUT2D eigenvalue weighted by Gasteiger charge is -1.98. The van der Waals surface area contributed by atoms with Crippen LogP contribution in [0.1, 0.15) is 10.4 Å². The van der Waals surface area contributed by atoms with Crippen LogP contribution in [0.4, 0.5) is 0 Å². The van der Waals surface area contributed by atoms with Crippen LogP contribution in [0.3, 0.4) is 0 Å². The molecule has 1 aliphatic rings. The van der Waals surface area contributed by atoms with Crippen molar-refractivity contribution in [2.75, 3.05) is 0 Å². The Morgan fingerprint density at radius 1 is 1.11 bits per heavy atom. The number of ketones is 1. The number of nitrogens with two attached hydrogens (primary N) is 1. The first kappa shape index (κ1) is 11.8. The molecule has 2 N–H and O–H groups in total. The van der Waals surface area contributed by atoms with Gasteiger partial charge in [0.15, 0.2) is 11.2 Å².